The number of amides is 2. The van der Waals surface area contributed by atoms with Gasteiger partial charge in [-0.15, -0.1) is 0 Å². The van der Waals surface area contributed by atoms with Gasteiger partial charge in [0.2, 0.25) is 5.76 Å². The van der Waals surface area contributed by atoms with E-state index >= 15 is 0 Å². The molecule has 0 saturated heterocycles. The lowest BCUT2D eigenvalue weighted by Crippen LogP contribution is -2.37. The number of carbonyl (C=O) groups excluding carboxylic acids is 1. The van der Waals surface area contributed by atoms with Crippen LogP contribution in [0.2, 0.25) is 0 Å². The molecule has 0 bridgehead atoms. The Morgan fingerprint density at radius 2 is 1.97 bits per heavy atom. The van der Waals surface area contributed by atoms with Gasteiger partial charge in [-0.25, -0.2) is 14.0 Å². The van der Waals surface area contributed by atoms with Crippen molar-refractivity contribution >= 4 is 23.8 Å². The molecule has 2 rings (SSSR count). The first-order chi connectivity index (χ1) is 14.4. The van der Waals surface area contributed by atoms with E-state index < -0.39 is 11.8 Å². The Hall–Kier alpha value is -3.35. The number of anilines is 1. The molecule has 2 aromatic rings. The summed E-state index contributed by atoms with van der Waals surface area (Å²) in [6.45, 7) is 2.71. The Balaban J connectivity index is 2.21. The lowest BCUT2D eigenvalue weighted by Gasteiger charge is -2.19. The van der Waals surface area contributed by atoms with Crippen LogP contribution >= 0.6 is 0 Å². The van der Waals surface area contributed by atoms with Gasteiger partial charge in [0.25, 0.3) is 0 Å². The average Bonchev–Trinajstić information content (AvgIpc) is 2.74. The number of unbranched alkanes of at least 4 members (excludes halogenated alkanes) is 2. The highest BCUT2D eigenvalue weighted by atomic mass is 19.1. The summed E-state index contributed by atoms with van der Waals surface area (Å²) >= 11 is 0. The Morgan fingerprint density at radius 3 is 2.60 bits per heavy atom. The maximum absolute atomic E-state index is 14.7. The van der Waals surface area contributed by atoms with Crippen molar-refractivity contribution < 1.29 is 23.8 Å². The number of hydrogen-bond donors (Lipinski definition) is 2. The second-order valence-corrected chi connectivity index (χ2v) is 6.81. The molecule has 2 N–H and O–H groups in total. The Labute approximate surface area is 176 Å². The Kier molecular flexibility index (Phi) is 8.41. The number of ether oxygens (including phenoxy) is 1. The molecular formula is C23H27FN2O4. The summed E-state index contributed by atoms with van der Waals surface area (Å²) in [5.41, 5.74) is 1.96. The number of hydrogen-bond acceptors (Lipinski definition) is 3. The van der Waals surface area contributed by atoms with Crippen LogP contribution < -0.4 is 10.2 Å². The van der Waals surface area contributed by atoms with E-state index in [1.54, 1.807) is 43.4 Å². The first-order valence-corrected chi connectivity index (χ1v) is 9.78. The maximum atomic E-state index is 14.7. The highest BCUT2D eigenvalue weighted by molar-refractivity contribution is 5.92. The topological polar surface area (TPSA) is 78.9 Å². The van der Waals surface area contributed by atoms with Crippen molar-refractivity contribution in [1.82, 2.24) is 5.32 Å². The van der Waals surface area contributed by atoms with Gasteiger partial charge in [-0.2, -0.15) is 0 Å². The van der Waals surface area contributed by atoms with Crippen molar-refractivity contribution in [2.45, 2.75) is 26.2 Å². The molecule has 2 amide bonds. The standard InChI is InChI=1S/C23H27FN2O4/c1-4-5-6-12-25-23(29)26(2)18-9-7-8-17(15-18)19-11-10-16(13-20(19)24)14-21(30-3)22(27)28/h7-11,13-15H,4-6,12H2,1-3H3,(H,25,29)(H,27,28)/b21-14-. The molecule has 0 aliphatic carbocycles. The minimum absolute atomic E-state index is 0.218. The van der Waals surface area contributed by atoms with Gasteiger partial charge in [-0.3, -0.25) is 4.90 Å². The van der Waals surface area contributed by atoms with Crippen LogP contribution in [0.1, 0.15) is 31.7 Å². The molecule has 7 heteroatoms. The van der Waals surface area contributed by atoms with Gasteiger partial charge in [-0.1, -0.05) is 44.0 Å². The van der Waals surface area contributed by atoms with Gasteiger partial charge in [0.05, 0.1) is 7.11 Å². The fourth-order valence-corrected chi connectivity index (χ4v) is 2.90. The molecule has 0 unspecified atom stereocenters. The first kappa shape index (κ1) is 22.9. The van der Waals surface area contributed by atoms with E-state index in [1.165, 1.54) is 24.2 Å². The summed E-state index contributed by atoms with van der Waals surface area (Å²) in [6.07, 6.45) is 4.32. The molecule has 2 aromatic carbocycles. The third-order valence-electron chi connectivity index (χ3n) is 4.63. The summed E-state index contributed by atoms with van der Waals surface area (Å²) in [4.78, 5) is 24.9. The Morgan fingerprint density at radius 1 is 1.20 bits per heavy atom. The average molecular weight is 414 g/mol. The van der Waals surface area contributed by atoms with Gasteiger partial charge in [0, 0.05) is 24.8 Å². The molecule has 0 aromatic heterocycles. The van der Waals surface area contributed by atoms with Crippen molar-refractivity contribution in [2.24, 2.45) is 0 Å². The molecule has 0 aliphatic heterocycles. The lowest BCUT2D eigenvalue weighted by atomic mass is 10.0. The van der Waals surface area contributed by atoms with Crippen molar-refractivity contribution in [2.75, 3.05) is 25.6 Å². The van der Waals surface area contributed by atoms with Gasteiger partial charge in [-0.05, 0) is 41.8 Å². The van der Waals surface area contributed by atoms with E-state index in [9.17, 15) is 14.0 Å². The van der Waals surface area contributed by atoms with E-state index in [2.05, 4.69) is 12.2 Å². The van der Waals surface area contributed by atoms with E-state index in [0.717, 1.165) is 19.3 Å². The van der Waals surface area contributed by atoms with Gasteiger partial charge in [0.15, 0.2) is 0 Å². The normalized spacial score (nSPS) is 11.1. The number of benzene rings is 2. The van der Waals surface area contributed by atoms with Crippen LogP contribution in [-0.2, 0) is 9.53 Å². The van der Waals surface area contributed by atoms with Crippen LogP contribution in [-0.4, -0.2) is 37.8 Å². The largest absolute Gasteiger partial charge is 0.490 e. The smallest absolute Gasteiger partial charge is 0.371 e. The number of aliphatic carboxylic acids is 1. The molecular weight excluding hydrogens is 387 g/mol. The minimum atomic E-state index is -1.23. The summed E-state index contributed by atoms with van der Waals surface area (Å²) in [5.74, 6) is -2.02. The summed E-state index contributed by atoms with van der Waals surface area (Å²) in [7, 11) is 2.91. The number of carbonyl (C=O) groups is 2. The number of urea groups is 1. The number of carboxylic acid groups (broad SMARTS) is 1. The zero-order valence-corrected chi connectivity index (χ0v) is 17.4. The number of rotatable bonds is 9. The van der Waals surface area contributed by atoms with Crippen LogP contribution in [0.15, 0.2) is 48.2 Å². The van der Waals surface area contributed by atoms with Crippen molar-refractivity contribution in [3.63, 3.8) is 0 Å². The molecule has 6 nitrogen and oxygen atoms in total. The maximum Gasteiger partial charge on any atom is 0.371 e. The molecule has 0 aliphatic rings. The highest BCUT2D eigenvalue weighted by Crippen LogP contribution is 2.28. The van der Waals surface area contributed by atoms with Crippen molar-refractivity contribution in [1.29, 1.82) is 0 Å². The summed E-state index contributed by atoms with van der Waals surface area (Å²) in [6, 6.07) is 11.2. The van der Waals surface area contributed by atoms with Crippen molar-refractivity contribution in [3.05, 3.63) is 59.6 Å². The van der Waals surface area contributed by atoms with E-state index in [1.807, 2.05) is 0 Å². The zero-order valence-electron chi connectivity index (χ0n) is 17.4. The fourth-order valence-electron chi connectivity index (χ4n) is 2.90. The predicted octanol–water partition coefficient (Wildman–Crippen LogP) is 4.90. The number of carboxylic acids is 1. The lowest BCUT2D eigenvalue weighted by molar-refractivity contribution is -0.135. The first-order valence-electron chi connectivity index (χ1n) is 9.78. The Bertz CT molecular complexity index is 927. The van der Waals surface area contributed by atoms with E-state index in [-0.39, 0.29) is 11.8 Å². The van der Waals surface area contributed by atoms with Crippen molar-refractivity contribution in [3.8, 4) is 11.1 Å². The molecule has 0 saturated carbocycles. The second kappa shape index (κ2) is 11.0. The molecule has 0 atom stereocenters. The summed E-state index contributed by atoms with van der Waals surface area (Å²) in [5, 5.41) is 11.9. The highest BCUT2D eigenvalue weighted by Gasteiger charge is 2.13. The quantitative estimate of drug-likeness (QED) is 0.347. The molecule has 160 valence electrons. The zero-order chi connectivity index (χ0) is 22.1. The molecule has 30 heavy (non-hydrogen) atoms. The summed E-state index contributed by atoms with van der Waals surface area (Å²) < 4.78 is 19.5. The fraction of sp³-hybridized carbons (Fsp3) is 0.304. The molecule has 0 radical (unpaired) electrons. The van der Waals surface area contributed by atoms with Crippen LogP contribution in [0, 0.1) is 5.82 Å². The third-order valence-corrected chi connectivity index (χ3v) is 4.63. The second-order valence-electron chi connectivity index (χ2n) is 6.81. The SMILES string of the molecule is CCCCCNC(=O)N(C)c1cccc(-c2ccc(/C=C(\OC)C(=O)O)cc2F)c1. The molecule has 0 spiro atoms. The van der Waals surface area contributed by atoms with E-state index in [0.29, 0.717) is 28.9 Å². The van der Waals surface area contributed by atoms with Gasteiger partial charge < -0.3 is 15.2 Å². The number of nitrogens with one attached hydrogen (secondary N) is 1. The predicted molar refractivity (Wildman–Crippen MR) is 116 cm³/mol. The number of methoxy groups -OCH3 is 1. The molecule has 0 heterocycles. The third kappa shape index (κ3) is 6.07. The van der Waals surface area contributed by atoms with Crippen LogP contribution in [0.3, 0.4) is 0 Å². The van der Waals surface area contributed by atoms with Gasteiger partial charge >= 0.3 is 12.0 Å². The number of halogens is 1. The van der Waals surface area contributed by atoms with Gasteiger partial charge in [0.1, 0.15) is 5.82 Å². The van der Waals surface area contributed by atoms with Crippen LogP contribution in [0.5, 0.6) is 0 Å². The van der Waals surface area contributed by atoms with Crippen LogP contribution in [0.25, 0.3) is 17.2 Å². The minimum Gasteiger partial charge on any atom is -0.490 e. The van der Waals surface area contributed by atoms with E-state index in [4.69, 9.17) is 9.84 Å². The molecule has 0 fully saturated rings. The monoisotopic (exact) mass is 414 g/mol. The number of nitrogens with zero attached hydrogens (tertiary/aromatic N) is 1. The van der Waals surface area contributed by atoms with Crippen LogP contribution in [0.4, 0.5) is 14.9 Å².